The van der Waals surface area contributed by atoms with Crippen LogP contribution < -0.4 is 14.8 Å². The first-order valence-electron chi connectivity index (χ1n) is 8.05. The van der Waals surface area contributed by atoms with E-state index < -0.39 is 5.60 Å². The molecule has 2 heterocycles. The highest BCUT2D eigenvalue weighted by molar-refractivity contribution is 5.68. The number of nitrogens with zero attached hydrogens (tertiary/aromatic N) is 1. The van der Waals surface area contributed by atoms with Crippen molar-refractivity contribution in [2.24, 2.45) is 0 Å². The number of likely N-dealkylation sites (tertiary alicyclic amines) is 1. The molecule has 0 radical (unpaired) electrons. The van der Waals surface area contributed by atoms with E-state index in [9.17, 15) is 4.79 Å². The monoisotopic (exact) mass is 320 g/mol. The molecule has 6 nitrogen and oxygen atoms in total. The first-order valence-corrected chi connectivity index (χ1v) is 8.05. The van der Waals surface area contributed by atoms with Gasteiger partial charge in [0.2, 0.25) is 6.79 Å². The molecular weight excluding hydrogens is 296 g/mol. The molecule has 0 unspecified atom stereocenters. The fourth-order valence-electron chi connectivity index (χ4n) is 2.75. The number of amides is 1. The minimum Gasteiger partial charge on any atom is -0.454 e. The Balaban J connectivity index is 1.50. The van der Waals surface area contributed by atoms with E-state index in [1.807, 2.05) is 39.0 Å². The molecule has 2 aliphatic heterocycles. The lowest BCUT2D eigenvalue weighted by Gasteiger charge is -2.34. The molecule has 0 spiro atoms. The largest absolute Gasteiger partial charge is 0.454 e. The molecule has 0 bridgehead atoms. The van der Waals surface area contributed by atoms with Crippen molar-refractivity contribution in [3.8, 4) is 11.5 Å². The van der Waals surface area contributed by atoms with Crippen LogP contribution >= 0.6 is 0 Å². The highest BCUT2D eigenvalue weighted by Crippen LogP contribution is 2.34. The van der Waals surface area contributed by atoms with Crippen LogP contribution in [0.1, 0.15) is 33.6 Å². The number of piperidine rings is 1. The minimum absolute atomic E-state index is 0.223. The second kappa shape index (κ2) is 6.18. The molecule has 1 aromatic rings. The number of rotatable bonds is 2. The van der Waals surface area contributed by atoms with Gasteiger partial charge in [-0.25, -0.2) is 4.79 Å². The summed E-state index contributed by atoms with van der Waals surface area (Å²) in [6.45, 7) is 7.36. The van der Waals surface area contributed by atoms with Gasteiger partial charge in [-0.05, 0) is 45.7 Å². The molecule has 1 saturated heterocycles. The first kappa shape index (κ1) is 15.8. The van der Waals surface area contributed by atoms with E-state index in [4.69, 9.17) is 14.2 Å². The maximum absolute atomic E-state index is 12.1. The Morgan fingerprint density at radius 3 is 2.61 bits per heavy atom. The van der Waals surface area contributed by atoms with E-state index in [0.29, 0.717) is 19.1 Å². The van der Waals surface area contributed by atoms with Crippen LogP contribution in [0.3, 0.4) is 0 Å². The van der Waals surface area contributed by atoms with Crippen molar-refractivity contribution in [1.82, 2.24) is 4.90 Å². The fraction of sp³-hybridized carbons (Fsp3) is 0.588. The highest BCUT2D eigenvalue weighted by Gasteiger charge is 2.27. The molecule has 1 fully saturated rings. The Hall–Kier alpha value is -2.11. The molecule has 0 aromatic heterocycles. The van der Waals surface area contributed by atoms with E-state index in [0.717, 1.165) is 30.0 Å². The molecule has 1 amide bonds. The highest BCUT2D eigenvalue weighted by atomic mass is 16.7. The summed E-state index contributed by atoms with van der Waals surface area (Å²) in [6, 6.07) is 6.21. The van der Waals surface area contributed by atoms with Crippen LogP contribution in [0.5, 0.6) is 11.5 Å². The third-order valence-corrected chi connectivity index (χ3v) is 3.89. The Morgan fingerprint density at radius 2 is 1.91 bits per heavy atom. The maximum atomic E-state index is 12.1. The number of ether oxygens (including phenoxy) is 3. The van der Waals surface area contributed by atoms with E-state index in [1.54, 1.807) is 4.90 Å². The van der Waals surface area contributed by atoms with Crippen molar-refractivity contribution in [2.45, 2.75) is 45.3 Å². The van der Waals surface area contributed by atoms with Gasteiger partial charge in [0.15, 0.2) is 11.5 Å². The van der Waals surface area contributed by atoms with E-state index in [2.05, 4.69) is 5.32 Å². The van der Waals surface area contributed by atoms with Gasteiger partial charge in [0.1, 0.15) is 5.60 Å². The number of fused-ring (bicyclic) bond motifs is 1. The van der Waals surface area contributed by atoms with Crippen LogP contribution in [0, 0.1) is 0 Å². The number of carbonyl (C=O) groups excluding carboxylic acids is 1. The van der Waals surface area contributed by atoms with Crippen LogP contribution in [0.2, 0.25) is 0 Å². The van der Waals surface area contributed by atoms with Crippen molar-refractivity contribution >= 4 is 11.8 Å². The molecule has 0 aliphatic carbocycles. The second-order valence-corrected chi connectivity index (χ2v) is 6.95. The summed E-state index contributed by atoms with van der Waals surface area (Å²) in [4.78, 5) is 13.8. The standard InChI is InChI=1S/C17H24N2O4/c1-17(2,3)23-16(20)19-8-6-12(7-9-19)18-13-4-5-14-15(10-13)22-11-21-14/h4-5,10,12,18H,6-9,11H2,1-3H3. The Labute approximate surface area is 136 Å². The molecule has 1 aromatic carbocycles. The van der Waals surface area contributed by atoms with Gasteiger partial charge in [0.25, 0.3) is 0 Å². The molecule has 126 valence electrons. The normalized spacial score (nSPS) is 18.0. The van der Waals surface area contributed by atoms with Crippen molar-refractivity contribution < 1.29 is 19.0 Å². The fourth-order valence-corrected chi connectivity index (χ4v) is 2.75. The van der Waals surface area contributed by atoms with Crippen LogP contribution in [0.15, 0.2) is 18.2 Å². The second-order valence-electron chi connectivity index (χ2n) is 6.95. The van der Waals surface area contributed by atoms with Crippen molar-refractivity contribution in [2.75, 3.05) is 25.2 Å². The third-order valence-electron chi connectivity index (χ3n) is 3.89. The third kappa shape index (κ3) is 4.00. The Kier molecular flexibility index (Phi) is 4.24. The van der Waals surface area contributed by atoms with Gasteiger partial charge in [-0.1, -0.05) is 0 Å². The van der Waals surface area contributed by atoms with E-state index in [1.165, 1.54) is 0 Å². The summed E-state index contributed by atoms with van der Waals surface area (Å²) in [6.07, 6.45) is 1.57. The topological polar surface area (TPSA) is 60.0 Å². The van der Waals surface area contributed by atoms with E-state index >= 15 is 0 Å². The molecule has 1 N–H and O–H groups in total. The molecule has 6 heteroatoms. The predicted octanol–water partition coefficient (Wildman–Crippen LogP) is 3.23. The molecule has 0 saturated carbocycles. The number of nitrogens with one attached hydrogen (secondary N) is 1. The van der Waals surface area contributed by atoms with Gasteiger partial charge in [-0.2, -0.15) is 0 Å². The summed E-state index contributed by atoms with van der Waals surface area (Å²) in [5, 5.41) is 3.50. The quantitative estimate of drug-likeness (QED) is 0.906. The minimum atomic E-state index is -0.446. The number of hydrogen-bond donors (Lipinski definition) is 1. The molecule has 2 aliphatic rings. The van der Waals surface area contributed by atoms with Gasteiger partial charge in [0, 0.05) is 30.9 Å². The lowest BCUT2D eigenvalue weighted by molar-refractivity contribution is 0.0210. The van der Waals surface area contributed by atoms with Crippen LogP contribution in [-0.4, -0.2) is 42.5 Å². The summed E-state index contributed by atoms with van der Waals surface area (Å²) in [7, 11) is 0. The van der Waals surface area contributed by atoms with Gasteiger partial charge < -0.3 is 24.4 Å². The average molecular weight is 320 g/mol. The van der Waals surface area contributed by atoms with E-state index in [-0.39, 0.29) is 12.9 Å². The molecule has 23 heavy (non-hydrogen) atoms. The SMILES string of the molecule is CC(C)(C)OC(=O)N1CCC(Nc2ccc3c(c2)OCO3)CC1. The average Bonchev–Trinajstić information content (AvgIpc) is 2.94. The van der Waals surface area contributed by atoms with Crippen molar-refractivity contribution in [3.05, 3.63) is 18.2 Å². The predicted molar refractivity (Wildman–Crippen MR) is 87.0 cm³/mol. The lowest BCUT2D eigenvalue weighted by atomic mass is 10.0. The summed E-state index contributed by atoms with van der Waals surface area (Å²) in [5.74, 6) is 1.57. The first-order chi connectivity index (χ1) is 10.9. The lowest BCUT2D eigenvalue weighted by Crippen LogP contribution is -2.44. The van der Waals surface area contributed by atoms with Crippen LogP contribution in [-0.2, 0) is 4.74 Å². The number of hydrogen-bond acceptors (Lipinski definition) is 5. The maximum Gasteiger partial charge on any atom is 0.410 e. The van der Waals surface area contributed by atoms with Crippen molar-refractivity contribution in [3.63, 3.8) is 0 Å². The summed E-state index contributed by atoms with van der Waals surface area (Å²) < 4.78 is 16.1. The van der Waals surface area contributed by atoms with Gasteiger partial charge in [-0.15, -0.1) is 0 Å². The molecule has 0 atom stereocenters. The zero-order valence-electron chi connectivity index (χ0n) is 13.9. The van der Waals surface area contributed by atoms with Crippen LogP contribution in [0.25, 0.3) is 0 Å². The molecular formula is C17H24N2O4. The molecule has 3 rings (SSSR count). The zero-order valence-corrected chi connectivity index (χ0v) is 13.9. The van der Waals surface area contributed by atoms with Gasteiger partial charge in [-0.3, -0.25) is 0 Å². The Bertz CT molecular complexity index is 574. The summed E-state index contributed by atoms with van der Waals surface area (Å²) >= 11 is 0. The number of carbonyl (C=O) groups is 1. The zero-order chi connectivity index (χ0) is 16.4. The Morgan fingerprint density at radius 1 is 1.22 bits per heavy atom. The van der Waals surface area contributed by atoms with Gasteiger partial charge >= 0.3 is 6.09 Å². The van der Waals surface area contributed by atoms with Gasteiger partial charge in [0.05, 0.1) is 0 Å². The van der Waals surface area contributed by atoms with Crippen LogP contribution in [0.4, 0.5) is 10.5 Å². The number of anilines is 1. The van der Waals surface area contributed by atoms with Crippen molar-refractivity contribution in [1.29, 1.82) is 0 Å². The number of benzene rings is 1. The smallest absolute Gasteiger partial charge is 0.410 e. The summed E-state index contributed by atoms with van der Waals surface area (Å²) in [5.41, 5.74) is 0.573.